The Morgan fingerprint density at radius 2 is 1.83 bits per heavy atom. The fourth-order valence-electron chi connectivity index (χ4n) is 1.78. The minimum atomic E-state index is -1.00. The van der Waals surface area contributed by atoms with Crippen LogP contribution in [0.1, 0.15) is 22.8 Å². The van der Waals surface area contributed by atoms with E-state index in [4.69, 9.17) is 4.74 Å². The van der Waals surface area contributed by atoms with E-state index in [2.05, 4.69) is 21.2 Å². The monoisotopic (exact) mass is 379 g/mol. The molecule has 2 aromatic carbocycles. The molecule has 0 heterocycles. The number of esters is 1. The summed E-state index contributed by atoms with van der Waals surface area (Å²) >= 11 is 3.30. The van der Waals surface area contributed by atoms with Crippen LogP contribution in [0.15, 0.2) is 46.9 Å². The third-order valence-electron chi connectivity index (χ3n) is 3.17. The Morgan fingerprint density at radius 1 is 1.17 bits per heavy atom. The van der Waals surface area contributed by atoms with Gasteiger partial charge in [-0.15, -0.1) is 0 Å². The molecule has 0 aliphatic carbocycles. The van der Waals surface area contributed by atoms with Crippen molar-refractivity contribution < 1.29 is 18.7 Å². The summed E-state index contributed by atoms with van der Waals surface area (Å²) in [7, 11) is 0. The fourth-order valence-corrected chi connectivity index (χ4v) is 2.04. The molecule has 1 atom stereocenters. The van der Waals surface area contributed by atoms with Crippen molar-refractivity contribution in [1.82, 2.24) is 0 Å². The van der Waals surface area contributed by atoms with Gasteiger partial charge in [0.25, 0.3) is 5.91 Å². The van der Waals surface area contributed by atoms with Crippen molar-refractivity contribution in [2.75, 3.05) is 5.32 Å². The highest BCUT2D eigenvalue weighted by atomic mass is 79.9. The number of amides is 1. The van der Waals surface area contributed by atoms with Gasteiger partial charge in [0.2, 0.25) is 0 Å². The molecular weight excluding hydrogens is 365 g/mol. The van der Waals surface area contributed by atoms with Gasteiger partial charge >= 0.3 is 5.97 Å². The predicted octanol–water partition coefficient (Wildman–Crippen LogP) is 4.08. The van der Waals surface area contributed by atoms with E-state index < -0.39 is 23.8 Å². The van der Waals surface area contributed by atoms with Gasteiger partial charge in [-0.3, -0.25) is 4.79 Å². The lowest BCUT2D eigenvalue weighted by molar-refractivity contribution is -0.123. The van der Waals surface area contributed by atoms with Gasteiger partial charge in [0, 0.05) is 10.2 Å². The van der Waals surface area contributed by atoms with Gasteiger partial charge in [0.15, 0.2) is 6.10 Å². The van der Waals surface area contributed by atoms with Crippen LogP contribution in [0.4, 0.5) is 10.1 Å². The molecule has 0 radical (unpaired) electrons. The molecule has 4 nitrogen and oxygen atoms in total. The van der Waals surface area contributed by atoms with E-state index in [1.165, 1.54) is 19.1 Å². The molecule has 1 N–H and O–H groups in total. The van der Waals surface area contributed by atoms with E-state index >= 15 is 0 Å². The lowest BCUT2D eigenvalue weighted by atomic mass is 10.1. The summed E-state index contributed by atoms with van der Waals surface area (Å²) in [4.78, 5) is 24.0. The third-order valence-corrected chi connectivity index (χ3v) is 3.70. The zero-order valence-corrected chi connectivity index (χ0v) is 14.2. The minimum Gasteiger partial charge on any atom is -0.449 e. The number of anilines is 1. The molecule has 0 unspecified atom stereocenters. The number of nitrogens with one attached hydrogen (secondary N) is 1. The number of rotatable bonds is 4. The highest BCUT2D eigenvalue weighted by Gasteiger charge is 2.19. The van der Waals surface area contributed by atoms with Gasteiger partial charge in [0.1, 0.15) is 5.82 Å². The molecule has 1 amide bonds. The molecule has 0 aromatic heterocycles. The first-order chi connectivity index (χ1) is 10.9. The number of benzene rings is 2. The Bertz CT molecular complexity index is 731. The molecule has 0 aliphatic heterocycles. The molecule has 0 spiro atoms. The summed E-state index contributed by atoms with van der Waals surface area (Å²) in [6.45, 7) is 3.05. The summed E-state index contributed by atoms with van der Waals surface area (Å²) in [5.74, 6) is -1.71. The average molecular weight is 380 g/mol. The van der Waals surface area contributed by atoms with Gasteiger partial charge in [-0.25, -0.2) is 9.18 Å². The molecule has 23 heavy (non-hydrogen) atoms. The van der Waals surface area contributed by atoms with E-state index in [0.717, 1.165) is 10.5 Å². The second kappa shape index (κ2) is 7.37. The highest BCUT2D eigenvalue weighted by Crippen LogP contribution is 2.15. The number of ether oxygens (including phenoxy) is 1. The van der Waals surface area contributed by atoms with Crippen LogP contribution >= 0.6 is 15.9 Å². The van der Waals surface area contributed by atoms with Gasteiger partial charge in [-0.1, -0.05) is 22.0 Å². The molecule has 0 saturated carbocycles. The first-order valence-electron chi connectivity index (χ1n) is 6.90. The summed E-state index contributed by atoms with van der Waals surface area (Å²) in [5.41, 5.74) is 1.08. The summed E-state index contributed by atoms with van der Waals surface area (Å²) in [6, 6.07) is 11.0. The Hall–Kier alpha value is -2.21. The third kappa shape index (κ3) is 4.63. The van der Waals surface area contributed by atoms with E-state index in [0.29, 0.717) is 11.3 Å². The van der Waals surface area contributed by atoms with Gasteiger partial charge in [0.05, 0.1) is 5.56 Å². The van der Waals surface area contributed by atoms with Crippen LogP contribution in [-0.2, 0) is 9.53 Å². The predicted molar refractivity (Wildman–Crippen MR) is 88.8 cm³/mol. The van der Waals surface area contributed by atoms with Crippen LogP contribution in [0.3, 0.4) is 0 Å². The quantitative estimate of drug-likeness (QED) is 0.814. The van der Waals surface area contributed by atoms with Crippen molar-refractivity contribution in [2.24, 2.45) is 0 Å². The van der Waals surface area contributed by atoms with Crippen molar-refractivity contribution in [2.45, 2.75) is 20.0 Å². The number of carbonyl (C=O) groups excluding carboxylic acids is 2. The smallest absolute Gasteiger partial charge is 0.339 e. The molecule has 0 fully saturated rings. The van der Waals surface area contributed by atoms with Crippen LogP contribution in [0.5, 0.6) is 0 Å². The van der Waals surface area contributed by atoms with Crippen LogP contribution in [-0.4, -0.2) is 18.0 Å². The summed E-state index contributed by atoms with van der Waals surface area (Å²) in [5, 5.41) is 2.64. The summed E-state index contributed by atoms with van der Waals surface area (Å²) < 4.78 is 19.4. The van der Waals surface area contributed by atoms with Crippen molar-refractivity contribution in [3.05, 3.63) is 63.9 Å². The standard InChI is InChI=1S/C17H15BrFNO3/c1-10-3-4-12(9-15(10)19)17(22)23-11(2)16(21)20-14-7-5-13(18)6-8-14/h3-9,11H,1-2H3,(H,20,21)/t11-/m1/s1. The van der Waals surface area contributed by atoms with E-state index in [-0.39, 0.29) is 5.56 Å². The minimum absolute atomic E-state index is 0.0661. The second-order valence-corrected chi connectivity index (χ2v) is 5.92. The lowest BCUT2D eigenvalue weighted by Gasteiger charge is -2.14. The Labute approximate surface area is 141 Å². The van der Waals surface area contributed by atoms with Crippen LogP contribution in [0.25, 0.3) is 0 Å². The van der Waals surface area contributed by atoms with E-state index in [1.54, 1.807) is 31.2 Å². The van der Waals surface area contributed by atoms with Gasteiger partial charge in [-0.05, 0) is 55.8 Å². The van der Waals surface area contributed by atoms with Gasteiger partial charge < -0.3 is 10.1 Å². The Morgan fingerprint density at radius 3 is 2.43 bits per heavy atom. The van der Waals surface area contributed by atoms with Crippen LogP contribution < -0.4 is 5.32 Å². The number of halogens is 2. The highest BCUT2D eigenvalue weighted by molar-refractivity contribution is 9.10. The van der Waals surface area contributed by atoms with Gasteiger partial charge in [-0.2, -0.15) is 0 Å². The molecule has 120 valence electrons. The maximum Gasteiger partial charge on any atom is 0.339 e. The first kappa shape index (κ1) is 17.1. The maximum atomic E-state index is 13.5. The van der Waals surface area contributed by atoms with Crippen LogP contribution in [0, 0.1) is 12.7 Å². The fraction of sp³-hybridized carbons (Fsp3) is 0.176. The molecule has 6 heteroatoms. The normalized spacial score (nSPS) is 11.7. The number of hydrogen-bond donors (Lipinski definition) is 1. The van der Waals surface area contributed by atoms with Crippen molar-refractivity contribution in [3.63, 3.8) is 0 Å². The topological polar surface area (TPSA) is 55.4 Å². The maximum absolute atomic E-state index is 13.5. The van der Waals surface area contributed by atoms with E-state index in [9.17, 15) is 14.0 Å². The first-order valence-corrected chi connectivity index (χ1v) is 7.69. The SMILES string of the molecule is Cc1ccc(C(=O)O[C@H](C)C(=O)Nc2ccc(Br)cc2)cc1F. The zero-order chi connectivity index (χ0) is 17.0. The molecule has 0 aliphatic rings. The molecule has 2 rings (SSSR count). The van der Waals surface area contributed by atoms with Crippen molar-refractivity contribution in [3.8, 4) is 0 Å². The number of hydrogen-bond acceptors (Lipinski definition) is 3. The number of aryl methyl sites for hydroxylation is 1. The van der Waals surface area contributed by atoms with Crippen LogP contribution in [0.2, 0.25) is 0 Å². The average Bonchev–Trinajstić information content (AvgIpc) is 2.52. The molecule has 0 bridgehead atoms. The van der Waals surface area contributed by atoms with Crippen molar-refractivity contribution in [1.29, 1.82) is 0 Å². The molecule has 0 saturated heterocycles. The Kier molecular flexibility index (Phi) is 5.50. The molecule has 2 aromatic rings. The Balaban J connectivity index is 1.98. The largest absolute Gasteiger partial charge is 0.449 e. The number of carbonyl (C=O) groups is 2. The zero-order valence-electron chi connectivity index (χ0n) is 12.6. The summed E-state index contributed by atoms with van der Waals surface area (Å²) in [6.07, 6.45) is -1.00. The second-order valence-electron chi connectivity index (χ2n) is 5.01. The van der Waals surface area contributed by atoms with E-state index in [1.807, 2.05) is 0 Å². The molecular formula is C17H15BrFNO3. The lowest BCUT2D eigenvalue weighted by Crippen LogP contribution is -2.30. The van der Waals surface area contributed by atoms with Crippen molar-refractivity contribution >= 4 is 33.5 Å².